The zero-order valence-electron chi connectivity index (χ0n) is 19.9. The Morgan fingerprint density at radius 2 is 1.06 bits per heavy atom. The van der Waals surface area contributed by atoms with Crippen LogP contribution in [0.4, 0.5) is 0 Å². The first kappa shape index (κ1) is 22.3. The third-order valence-corrected chi connectivity index (χ3v) is 12.0. The quantitative estimate of drug-likeness (QED) is 0.209. The number of hydrogen-bond acceptors (Lipinski definition) is 5. The Labute approximate surface area is 216 Å². The first-order chi connectivity index (χ1) is 17.2. The first-order valence-electron chi connectivity index (χ1n) is 13.2. The van der Waals surface area contributed by atoms with Crippen LogP contribution in [0.15, 0.2) is 12.1 Å². The molecule has 0 aliphatic heterocycles. The highest BCUT2D eigenvalue weighted by molar-refractivity contribution is 7.34. The molecule has 0 atom stereocenters. The number of rotatable bonds is 6. The molecule has 0 unspecified atom stereocenters. The van der Waals surface area contributed by atoms with Crippen molar-refractivity contribution in [2.75, 3.05) is 0 Å². The molecule has 2 fully saturated rings. The van der Waals surface area contributed by atoms with Crippen molar-refractivity contribution in [3.8, 4) is 0 Å². The van der Waals surface area contributed by atoms with E-state index in [1.165, 1.54) is 105 Å². The van der Waals surface area contributed by atoms with Gasteiger partial charge >= 0.3 is 0 Å². The topological polar surface area (TPSA) is 44.0 Å². The molecule has 7 rings (SSSR count). The normalized spacial score (nSPS) is 18.5. The molecule has 35 heavy (non-hydrogen) atoms. The van der Waals surface area contributed by atoms with Gasteiger partial charge in [0.05, 0.1) is 50.6 Å². The third-order valence-electron chi connectivity index (χ3n) is 8.42. The molecule has 0 bridgehead atoms. The Morgan fingerprint density at radius 3 is 1.46 bits per heavy atom. The summed E-state index contributed by atoms with van der Waals surface area (Å²) >= 11 is 5.17. The van der Waals surface area contributed by atoms with Crippen LogP contribution < -0.4 is 0 Å². The van der Waals surface area contributed by atoms with Crippen LogP contribution in [0.1, 0.15) is 83.6 Å². The lowest BCUT2D eigenvalue weighted by Gasteiger charge is -2.24. The van der Waals surface area contributed by atoms with E-state index in [0.29, 0.717) is 11.8 Å². The van der Waals surface area contributed by atoms with Crippen LogP contribution >= 0.6 is 34.0 Å². The molecule has 5 aromatic heterocycles. The Kier molecular flexibility index (Phi) is 5.63. The monoisotopic (exact) mass is 522 g/mol. The van der Waals surface area contributed by atoms with E-state index in [9.17, 15) is 9.59 Å². The van der Waals surface area contributed by atoms with Crippen LogP contribution in [0.5, 0.6) is 0 Å². The number of carbonyl (C=O) groups is 2. The third kappa shape index (κ3) is 3.57. The van der Waals surface area contributed by atoms with Crippen molar-refractivity contribution in [1.82, 2.24) is 9.13 Å². The average molecular weight is 523 g/mol. The van der Waals surface area contributed by atoms with Crippen molar-refractivity contribution >= 4 is 87.4 Å². The Hall–Kier alpha value is -1.96. The maximum Gasteiger partial charge on any atom is 0.160 e. The fraction of sp³-hybridized carbons (Fsp3) is 0.500. The van der Waals surface area contributed by atoms with Gasteiger partial charge in [0.25, 0.3) is 0 Å². The van der Waals surface area contributed by atoms with Gasteiger partial charge in [-0.25, -0.2) is 0 Å². The van der Waals surface area contributed by atoms with Crippen LogP contribution in [0.2, 0.25) is 0 Å². The number of carbonyl (C=O) groups excluding carboxylic acids is 2. The molecule has 0 N–H and O–H groups in total. The van der Waals surface area contributed by atoms with Gasteiger partial charge in [0, 0.05) is 13.1 Å². The molecule has 0 spiro atoms. The van der Waals surface area contributed by atoms with E-state index in [4.69, 9.17) is 0 Å². The van der Waals surface area contributed by atoms with Crippen molar-refractivity contribution in [3.05, 3.63) is 21.9 Å². The summed E-state index contributed by atoms with van der Waals surface area (Å²) in [7, 11) is 0. The summed E-state index contributed by atoms with van der Waals surface area (Å²) in [6.45, 7) is 2.09. The first-order valence-corrected chi connectivity index (χ1v) is 15.6. The SMILES string of the molecule is O=Cc1cc2c(s1)c1sc3c4sc(C=O)cc4n(CC4CCCCC4)c3c1n2CC1CCCCC1. The van der Waals surface area contributed by atoms with Gasteiger partial charge in [-0.1, -0.05) is 38.5 Å². The van der Waals surface area contributed by atoms with E-state index in [1.807, 2.05) is 11.3 Å². The van der Waals surface area contributed by atoms with Crippen LogP contribution in [0.3, 0.4) is 0 Å². The van der Waals surface area contributed by atoms with Crippen LogP contribution in [-0.2, 0) is 13.1 Å². The average Bonchev–Trinajstić information content (AvgIpc) is 3.67. The van der Waals surface area contributed by atoms with Gasteiger partial charge in [0.15, 0.2) is 12.6 Å². The maximum absolute atomic E-state index is 11.7. The highest BCUT2D eigenvalue weighted by atomic mass is 32.1. The highest BCUT2D eigenvalue weighted by Crippen LogP contribution is 2.49. The number of fused-ring (bicyclic) bond motifs is 7. The van der Waals surface area contributed by atoms with Gasteiger partial charge in [0.2, 0.25) is 0 Å². The highest BCUT2D eigenvalue weighted by Gasteiger charge is 2.28. The summed E-state index contributed by atoms with van der Waals surface area (Å²) < 4.78 is 10.3. The van der Waals surface area contributed by atoms with Gasteiger partial charge in [-0.2, -0.15) is 0 Å². The molecular weight excluding hydrogens is 493 g/mol. The Bertz CT molecular complexity index is 1450. The largest absolute Gasteiger partial charge is 0.337 e. The summed E-state index contributed by atoms with van der Waals surface area (Å²) in [5.74, 6) is 1.42. The van der Waals surface area contributed by atoms with E-state index < -0.39 is 0 Å². The molecule has 0 amide bonds. The maximum atomic E-state index is 11.7. The molecule has 4 nitrogen and oxygen atoms in total. The van der Waals surface area contributed by atoms with Crippen molar-refractivity contribution in [2.24, 2.45) is 11.8 Å². The van der Waals surface area contributed by atoms with Crippen molar-refractivity contribution in [1.29, 1.82) is 0 Å². The predicted molar refractivity (Wildman–Crippen MR) is 150 cm³/mol. The molecule has 5 heterocycles. The molecule has 0 radical (unpaired) electrons. The molecule has 0 aromatic carbocycles. The van der Waals surface area contributed by atoms with Gasteiger partial charge in [0.1, 0.15) is 0 Å². The van der Waals surface area contributed by atoms with Gasteiger partial charge in [-0.15, -0.1) is 34.0 Å². The van der Waals surface area contributed by atoms with Gasteiger partial charge in [-0.3, -0.25) is 9.59 Å². The second-order valence-electron chi connectivity index (χ2n) is 10.6. The summed E-state index contributed by atoms with van der Waals surface area (Å²) in [5, 5.41) is 0. The summed E-state index contributed by atoms with van der Waals surface area (Å²) in [5.41, 5.74) is 5.24. The molecule has 2 aliphatic carbocycles. The van der Waals surface area contributed by atoms with Crippen molar-refractivity contribution in [3.63, 3.8) is 0 Å². The number of nitrogens with zero attached hydrogens (tertiary/aromatic N) is 2. The molecule has 7 heteroatoms. The molecule has 2 aliphatic rings. The number of hydrogen-bond donors (Lipinski definition) is 0. The smallest absolute Gasteiger partial charge is 0.160 e. The number of aldehydes is 2. The van der Waals surface area contributed by atoms with Gasteiger partial charge < -0.3 is 9.13 Å². The predicted octanol–water partition coefficient (Wildman–Crippen LogP) is 8.87. The number of aromatic nitrogens is 2. The Morgan fingerprint density at radius 1 is 0.629 bits per heavy atom. The van der Waals surface area contributed by atoms with Crippen molar-refractivity contribution < 1.29 is 9.59 Å². The van der Waals surface area contributed by atoms with Crippen LogP contribution in [-0.4, -0.2) is 21.7 Å². The second kappa shape index (κ2) is 8.86. The Balaban J connectivity index is 1.50. The summed E-state index contributed by atoms with van der Waals surface area (Å²) in [4.78, 5) is 25.0. The van der Waals surface area contributed by atoms with E-state index in [2.05, 4.69) is 21.3 Å². The lowest BCUT2D eigenvalue weighted by molar-refractivity contribution is 0.111. The lowest BCUT2D eigenvalue weighted by atomic mass is 9.89. The zero-order valence-corrected chi connectivity index (χ0v) is 22.3. The van der Waals surface area contributed by atoms with Crippen LogP contribution in [0.25, 0.3) is 40.9 Å². The van der Waals surface area contributed by atoms with E-state index in [0.717, 1.165) is 35.4 Å². The van der Waals surface area contributed by atoms with E-state index >= 15 is 0 Å². The number of thiophene rings is 3. The zero-order chi connectivity index (χ0) is 23.5. The second-order valence-corrected chi connectivity index (χ2v) is 13.8. The molecule has 0 saturated heterocycles. The minimum Gasteiger partial charge on any atom is -0.337 e. The van der Waals surface area contributed by atoms with E-state index in [1.54, 1.807) is 22.7 Å². The molecule has 5 aromatic rings. The lowest BCUT2D eigenvalue weighted by Crippen LogP contribution is -2.15. The molecular formula is C28H30N2O2S3. The van der Waals surface area contributed by atoms with E-state index in [-0.39, 0.29) is 0 Å². The summed E-state index contributed by atoms with van der Waals surface area (Å²) in [6.07, 6.45) is 15.3. The molecule has 2 saturated carbocycles. The fourth-order valence-corrected chi connectivity index (χ4v) is 10.3. The van der Waals surface area contributed by atoms with Crippen molar-refractivity contribution in [2.45, 2.75) is 77.3 Å². The minimum absolute atomic E-state index is 0.710. The standard InChI is InChI=1S/C28H30N2O2S3/c31-15-19-11-21-25(33-19)27-23(29(21)13-17-7-3-1-4-8-17)24-28(35-27)26-22(12-20(16-32)34-26)30(24)14-18-9-5-2-6-10-18/h11-12,15-18H,1-10,13-14H2. The van der Waals surface area contributed by atoms with Crippen LogP contribution in [0, 0.1) is 11.8 Å². The molecule has 182 valence electrons. The summed E-state index contributed by atoms with van der Waals surface area (Å²) in [6, 6.07) is 4.24. The fourth-order valence-electron chi connectivity index (χ4n) is 6.74. The minimum atomic E-state index is 0.710. The van der Waals surface area contributed by atoms with Gasteiger partial charge in [-0.05, 0) is 49.7 Å².